The minimum atomic E-state index is 0. The Morgan fingerprint density at radius 3 is 2.21 bits per heavy atom. The van der Waals surface area contributed by atoms with Crippen LogP contribution in [0.1, 0.15) is 32.1 Å². The van der Waals surface area contributed by atoms with Gasteiger partial charge in [-0.05, 0) is 61.8 Å². The number of rotatable bonds is 1. The molecule has 3 heteroatoms. The lowest BCUT2D eigenvalue weighted by Crippen LogP contribution is -2.56. The summed E-state index contributed by atoms with van der Waals surface area (Å²) < 4.78 is 0. The van der Waals surface area contributed by atoms with Crippen molar-refractivity contribution in [1.82, 2.24) is 0 Å². The zero-order valence-corrected chi connectivity index (χ0v) is 9.99. The molecule has 4 fully saturated rings. The summed E-state index contributed by atoms with van der Waals surface area (Å²) in [6.07, 6.45) is 6.91. The molecular weight excluding hydrogens is 217 g/mol. The summed E-state index contributed by atoms with van der Waals surface area (Å²) in [5.74, 6) is 2.74. The van der Waals surface area contributed by atoms with E-state index < -0.39 is 0 Å². The molecule has 0 saturated heterocycles. The van der Waals surface area contributed by atoms with E-state index in [-0.39, 0.29) is 12.4 Å². The number of alkyl halides is 1. The van der Waals surface area contributed by atoms with E-state index in [0.717, 1.165) is 24.3 Å². The van der Waals surface area contributed by atoms with Crippen molar-refractivity contribution in [3.05, 3.63) is 0 Å². The van der Waals surface area contributed by atoms with Crippen LogP contribution in [-0.2, 0) is 0 Å². The fourth-order valence-electron chi connectivity index (χ4n) is 4.43. The molecular formula is C11H19Cl2N. The van der Waals surface area contributed by atoms with Crippen molar-refractivity contribution in [2.24, 2.45) is 28.9 Å². The van der Waals surface area contributed by atoms with Gasteiger partial charge in [0.2, 0.25) is 0 Å². The second-order valence-electron chi connectivity index (χ2n) is 5.58. The van der Waals surface area contributed by atoms with Gasteiger partial charge < -0.3 is 5.73 Å². The van der Waals surface area contributed by atoms with Crippen molar-refractivity contribution in [3.8, 4) is 0 Å². The minimum Gasteiger partial charge on any atom is -0.330 e. The molecule has 0 aromatic heterocycles. The first-order valence-corrected chi connectivity index (χ1v) is 6.01. The SMILES string of the molecule is Cl.NCC12CC3CC(CC(C3)C1Cl)C2. The Morgan fingerprint density at radius 1 is 1.14 bits per heavy atom. The summed E-state index contributed by atoms with van der Waals surface area (Å²) in [4.78, 5) is 0. The van der Waals surface area contributed by atoms with Crippen LogP contribution in [0.5, 0.6) is 0 Å². The van der Waals surface area contributed by atoms with Crippen LogP contribution >= 0.6 is 24.0 Å². The molecule has 1 nitrogen and oxygen atoms in total. The molecule has 3 atom stereocenters. The fraction of sp³-hybridized carbons (Fsp3) is 1.00. The fourth-order valence-corrected chi connectivity index (χ4v) is 4.90. The lowest BCUT2D eigenvalue weighted by Gasteiger charge is -2.59. The predicted octanol–water partition coefficient (Wildman–Crippen LogP) is 2.80. The van der Waals surface area contributed by atoms with Gasteiger partial charge in [0.05, 0.1) is 0 Å². The third-order valence-electron chi connectivity index (χ3n) is 4.73. The van der Waals surface area contributed by atoms with Gasteiger partial charge in [0.15, 0.2) is 0 Å². The Balaban J connectivity index is 0.000000750. The molecule has 0 amide bonds. The van der Waals surface area contributed by atoms with E-state index in [1.807, 2.05) is 0 Å². The lowest BCUT2D eigenvalue weighted by atomic mass is 9.49. The Hall–Kier alpha value is 0.540. The van der Waals surface area contributed by atoms with Crippen molar-refractivity contribution >= 4 is 24.0 Å². The van der Waals surface area contributed by atoms with Gasteiger partial charge in [0, 0.05) is 5.38 Å². The summed E-state index contributed by atoms with van der Waals surface area (Å²) in [5, 5.41) is 0.394. The van der Waals surface area contributed by atoms with Gasteiger partial charge in [-0.1, -0.05) is 0 Å². The number of halogens is 2. The summed E-state index contributed by atoms with van der Waals surface area (Å²) >= 11 is 6.55. The van der Waals surface area contributed by atoms with Gasteiger partial charge in [0.25, 0.3) is 0 Å². The second kappa shape index (κ2) is 3.54. The van der Waals surface area contributed by atoms with Crippen LogP contribution in [0.4, 0.5) is 0 Å². The summed E-state index contributed by atoms with van der Waals surface area (Å²) in [5.41, 5.74) is 6.28. The molecule has 4 aliphatic carbocycles. The van der Waals surface area contributed by atoms with Crippen LogP contribution in [0.15, 0.2) is 0 Å². The molecule has 0 aromatic carbocycles. The first kappa shape index (κ1) is 11.0. The summed E-state index contributed by atoms with van der Waals surface area (Å²) in [7, 11) is 0. The maximum absolute atomic E-state index is 6.55. The highest BCUT2D eigenvalue weighted by Gasteiger charge is 2.55. The quantitative estimate of drug-likeness (QED) is 0.696. The van der Waals surface area contributed by atoms with Gasteiger partial charge in [0.1, 0.15) is 0 Å². The molecule has 0 heterocycles. The standard InChI is InChI=1S/C11H18ClN.ClH/c12-10-9-2-7-1-8(3-9)5-11(10,4-7)6-13;/h7-10H,1-6,13H2;1H. The molecule has 2 N–H and O–H groups in total. The van der Waals surface area contributed by atoms with Crippen molar-refractivity contribution in [1.29, 1.82) is 0 Å². The lowest BCUT2D eigenvalue weighted by molar-refractivity contribution is -0.0418. The molecule has 4 rings (SSSR count). The Bertz CT molecular complexity index is 217. The predicted molar refractivity (Wildman–Crippen MR) is 61.9 cm³/mol. The molecule has 0 spiro atoms. The Morgan fingerprint density at radius 2 is 1.71 bits per heavy atom. The van der Waals surface area contributed by atoms with Crippen LogP contribution in [-0.4, -0.2) is 11.9 Å². The van der Waals surface area contributed by atoms with Crippen LogP contribution in [0.2, 0.25) is 0 Å². The van der Waals surface area contributed by atoms with Crippen molar-refractivity contribution in [2.45, 2.75) is 37.5 Å². The number of hydrogen-bond donors (Lipinski definition) is 1. The average molecular weight is 236 g/mol. The molecule has 4 saturated carbocycles. The highest BCUT2D eigenvalue weighted by molar-refractivity contribution is 6.21. The van der Waals surface area contributed by atoms with E-state index in [9.17, 15) is 0 Å². The Labute approximate surface area is 97.2 Å². The summed E-state index contributed by atoms with van der Waals surface area (Å²) in [6.45, 7) is 0.824. The van der Waals surface area contributed by atoms with Gasteiger partial charge >= 0.3 is 0 Å². The monoisotopic (exact) mass is 235 g/mol. The van der Waals surface area contributed by atoms with E-state index in [1.54, 1.807) is 0 Å². The molecule has 0 radical (unpaired) electrons. The van der Waals surface area contributed by atoms with E-state index in [2.05, 4.69) is 0 Å². The molecule has 4 bridgehead atoms. The number of hydrogen-bond acceptors (Lipinski definition) is 1. The van der Waals surface area contributed by atoms with Gasteiger partial charge in [-0.3, -0.25) is 0 Å². The average Bonchev–Trinajstić information content (AvgIpc) is 2.12. The van der Waals surface area contributed by atoms with Crippen LogP contribution in [0.3, 0.4) is 0 Å². The minimum absolute atomic E-state index is 0. The topological polar surface area (TPSA) is 26.0 Å². The van der Waals surface area contributed by atoms with Crippen LogP contribution in [0, 0.1) is 23.2 Å². The third-order valence-corrected chi connectivity index (χ3v) is 5.55. The van der Waals surface area contributed by atoms with E-state index in [1.165, 1.54) is 32.1 Å². The molecule has 82 valence electrons. The highest BCUT2D eigenvalue weighted by Crippen LogP contribution is 2.61. The molecule has 4 aliphatic rings. The molecule has 0 aliphatic heterocycles. The molecule has 0 aromatic rings. The largest absolute Gasteiger partial charge is 0.330 e. The first-order valence-electron chi connectivity index (χ1n) is 5.58. The van der Waals surface area contributed by atoms with Crippen molar-refractivity contribution in [3.63, 3.8) is 0 Å². The van der Waals surface area contributed by atoms with Crippen LogP contribution in [0.25, 0.3) is 0 Å². The van der Waals surface area contributed by atoms with Gasteiger partial charge in [-0.25, -0.2) is 0 Å². The number of nitrogens with two attached hydrogens (primary N) is 1. The van der Waals surface area contributed by atoms with Gasteiger partial charge in [-0.15, -0.1) is 24.0 Å². The third kappa shape index (κ3) is 1.32. The first-order chi connectivity index (χ1) is 6.23. The second-order valence-corrected chi connectivity index (χ2v) is 6.05. The zero-order valence-electron chi connectivity index (χ0n) is 8.42. The normalized spacial score (nSPS) is 54.4. The van der Waals surface area contributed by atoms with Gasteiger partial charge in [-0.2, -0.15) is 0 Å². The maximum Gasteiger partial charge on any atom is 0.0433 e. The van der Waals surface area contributed by atoms with Crippen LogP contribution < -0.4 is 5.73 Å². The zero-order chi connectivity index (χ0) is 9.05. The molecule has 3 unspecified atom stereocenters. The Kier molecular flexibility index (Phi) is 2.79. The van der Waals surface area contributed by atoms with Crippen molar-refractivity contribution in [2.75, 3.05) is 6.54 Å². The van der Waals surface area contributed by atoms with E-state index in [0.29, 0.717) is 10.8 Å². The summed E-state index contributed by atoms with van der Waals surface area (Å²) in [6, 6.07) is 0. The van der Waals surface area contributed by atoms with Crippen molar-refractivity contribution < 1.29 is 0 Å². The van der Waals surface area contributed by atoms with E-state index in [4.69, 9.17) is 17.3 Å². The highest BCUT2D eigenvalue weighted by atomic mass is 35.5. The smallest absolute Gasteiger partial charge is 0.0433 e. The maximum atomic E-state index is 6.55. The molecule has 14 heavy (non-hydrogen) atoms. The van der Waals surface area contributed by atoms with E-state index >= 15 is 0 Å².